The van der Waals surface area contributed by atoms with E-state index in [1.807, 2.05) is 0 Å². The minimum absolute atomic E-state index is 0.0333. The van der Waals surface area contributed by atoms with Crippen molar-refractivity contribution in [2.24, 2.45) is 0 Å². The molecule has 10 heteroatoms. The molecule has 1 amide bonds. The summed E-state index contributed by atoms with van der Waals surface area (Å²) in [4.78, 5) is 29.7. The number of anilines is 1. The Hall–Kier alpha value is -3.66. The lowest BCUT2D eigenvalue weighted by molar-refractivity contribution is -0.113. The second kappa shape index (κ2) is 8.83. The van der Waals surface area contributed by atoms with Crippen molar-refractivity contribution in [3.05, 3.63) is 94.3 Å². The van der Waals surface area contributed by atoms with Crippen molar-refractivity contribution in [1.82, 2.24) is 9.55 Å². The third-order valence-electron chi connectivity index (χ3n) is 4.43. The maximum atomic E-state index is 14.5. The molecule has 0 fully saturated rings. The fourth-order valence-electron chi connectivity index (χ4n) is 2.99. The van der Waals surface area contributed by atoms with Crippen molar-refractivity contribution in [2.45, 2.75) is 5.16 Å². The van der Waals surface area contributed by atoms with Gasteiger partial charge in [0.25, 0.3) is 5.56 Å². The van der Waals surface area contributed by atoms with E-state index in [0.717, 1.165) is 46.7 Å². The number of nitrogens with one attached hydrogen (secondary N) is 1. The van der Waals surface area contributed by atoms with Gasteiger partial charge in [-0.25, -0.2) is 22.5 Å². The van der Waals surface area contributed by atoms with Gasteiger partial charge in [0.1, 0.15) is 23.3 Å². The SMILES string of the molecule is O=C(CSc1nc2ccccc2c(=O)n1-c1ccc(F)cc1F)Nc1cc(F)ccc1F. The van der Waals surface area contributed by atoms with Crippen LogP contribution in [0, 0.1) is 23.3 Å². The molecule has 5 nitrogen and oxygen atoms in total. The zero-order valence-corrected chi connectivity index (χ0v) is 16.9. The largest absolute Gasteiger partial charge is 0.323 e. The second-order valence-corrected chi connectivity index (χ2v) is 7.55. The predicted molar refractivity (Wildman–Crippen MR) is 113 cm³/mol. The molecule has 0 aliphatic heterocycles. The molecule has 4 rings (SSSR count). The third-order valence-corrected chi connectivity index (χ3v) is 5.37. The lowest BCUT2D eigenvalue weighted by Gasteiger charge is -2.14. The summed E-state index contributed by atoms with van der Waals surface area (Å²) in [5.41, 5.74) is -0.881. The van der Waals surface area contributed by atoms with Crippen LogP contribution in [0.4, 0.5) is 23.2 Å². The van der Waals surface area contributed by atoms with Crippen LogP contribution in [0.1, 0.15) is 0 Å². The summed E-state index contributed by atoms with van der Waals surface area (Å²) in [6, 6.07) is 11.7. The lowest BCUT2D eigenvalue weighted by Crippen LogP contribution is -2.24. The van der Waals surface area contributed by atoms with Crippen LogP contribution in [0.25, 0.3) is 16.6 Å². The van der Waals surface area contributed by atoms with Crippen LogP contribution in [0.2, 0.25) is 0 Å². The van der Waals surface area contributed by atoms with Gasteiger partial charge in [0.2, 0.25) is 5.91 Å². The van der Waals surface area contributed by atoms with Crippen molar-refractivity contribution in [3.8, 4) is 5.69 Å². The molecule has 4 aromatic rings. The van der Waals surface area contributed by atoms with E-state index in [-0.39, 0.29) is 27.7 Å². The summed E-state index contributed by atoms with van der Waals surface area (Å²) in [6.07, 6.45) is 0. The summed E-state index contributed by atoms with van der Waals surface area (Å²) < 4.78 is 55.9. The van der Waals surface area contributed by atoms with Crippen LogP contribution < -0.4 is 10.9 Å². The Balaban J connectivity index is 1.70. The van der Waals surface area contributed by atoms with E-state index >= 15 is 0 Å². The van der Waals surface area contributed by atoms with E-state index in [2.05, 4.69) is 10.3 Å². The number of benzene rings is 3. The zero-order valence-electron chi connectivity index (χ0n) is 16.1. The maximum absolute atomic E-state index is 14.5. The molecule has 1 aromatic heterocycles. The second-order valence-electron chi connectivity index (χ2n) is 6.61. The van der Waals surface area contributed by atoms with Gasteiger partial charge in [-0.05, 0) is 36.4 Å². The highest BCUT2D eigenvalue weighted by Crippen LogP contribution is 2.24. The lowest BCUT2D eigenvalue weighted by atomic mass is 10.2. The van der Waals surface area contributed by atoms with Gasteiger partial charge < -0.3 is 5.32 Å². The number of nitrogens with zero attached hydrogens (tertiary/aromatic N) is 2. The number of halogens is 4. The monoisotopic (exact) mass is 459 g/mol. The van der Waals surface area contributed by atoms with E-state index in [1.165, 1.54) is 6.07 Å². The molecular weight excluding hydrogens is 446 g/mol. The molecule has 0 saturated carbocycles. The molecule has 0 spiro atoms. The van der Waals surface area contributed by atoms with Crippen molar-refractivity contribution in [2.75, 3.05) is 11.1 Å². The number of para-hydroxylation sites is 1. The normalized spacial score (nSPS) is 11.0. The van der Waals surface area contributed by atoms with Gasteiger partial charge in [-0.2, -0.15) is 0 Å². The summed E-state index contributed by atoms with van der Waals surface area (Å²) in [6.45, 7) is 0. The fourth-order valence-corrected chi connectivity index (χ4v) is 3.80. The molecule has 0 bridgehead atoms. The molecule has 162 valence electrons. The van der Waals surface area contributed by atoms with Gasteiger partial charge in [0.15, 0.2) is 5.16 Å². The van der Waals surface area contributed by atoms with Gasteiger partial charge in [0, 0.05) is 12.1 Å². The molecule has 1 heterocycles. The first-order chi connectivity index (χ1) is 15.3. The molecule has 0 aliphatic carbocycles. The van der Waals surface area contributed by atoms with E-state index in [4.69, 9.17) is 0 Å². The van der Waals surface area contributed by atoms with Crippen LogP contribution in [0.15, 0.2) is 70.6 Å². The van der Waals surface area contributed by atoms with Crippen LogP contribution >= 0.6 is 11.8 Å². The van der Waals surface area contributed by atoms with Gasteiger partial charge in [0.05, 0.1) is 28.0 Å². The summed E-state index contributed by atoms with van der Waals surface area (Å²) in [5, 5.41) is 2.41. The number of aromatic nitrogens is 2. The number of rotatable bonds is 5. The van der Waals surface area contributed by atoms with E-state index in [1.54, 1.807) is 18.2 Å². The molecule has 32 heavy (non-hydrogen) atoms. The Kier molecular flexibility index (Phi) is 5.95. The summed E-state index contributed by atoms with van der Waals surface area (Å²) in [7, 11) is 0. The maximum Gasteiger partial charge on any atom is 0.266 e. The molecule has 0 radical (unpaired) electrons. The standard InChI is InChI=1S/C22H13F4N3O2S/c23-12-6-8-19(16(26)9-12)29-21(31)14-3-1-2-4-17(14)28-22(29)32-11-20(30)27-18-10-13(24)5-7-15(18)25/h1-10H,11H2,(H,27,30). The smallest absolute Gasteiger partial charge is 0.266 e. The van der Waals surface area contributed by atoms with E-state index in [9.17, 15) is 27.2 Å². The van der Waals surface area contributed by atoms with Crippen LogP contribution in [0.3, 0.4) is 0 Å². The Bertz CT molecular complexity index is 1410. The third kappa shape index (κ3) is 4.35. The Morgan fingerprint density at radius 2 is 1.66 bits per heavy atom. The zero-order chi connectivity index (χ0) is 22.8. The molecule has 1 N–H and O–H groups in total. The molecule has 3 aromatic carbocycles. The number of thioether (sulfide) groups is 1. The first kappa shape index (κ1) is 21.6. The molecular formula is C22H13F4N3O2S. The molecule has 0 atom stereocenters. The van der Waals surface area contributed by atoms with Crippen LogP contribution in [0.5, 0.6) is 0 Å². The van der Waals surface area contributed by atoms with Crippen molar-refractivity contribution < 1.29 is 22.4 Å². The van der Waals surface area contributed by atoms with E-state index in [0.29, 0.717) is 11.6 Å². The highest BCUT2D eigenvalue weighted by molar-refractivity contribution is 7.99. The first-order valence-corrected chi connectivity index (χ1v) is 10.2. The summed E-state index contributed by atoms with van der Waals surface area (Å²) >= 11 is 0.784. The van der Waals surface area contributed by atoms with Crippen molar-refractivity contribution in [1.29, 1.82) is 0 Å². The van der Waals surface area contributed by atoms with Gasteiger partial charge in [-0.1, -0.05) is 23.9 Å². The van der Waals surface area contributed by atoms with Crippen LogP contribution in [-0.2, 0) is 4.79 Å². The summed E-state index contributed by atoms with van der Waals surface area (Å²) in [5.74, 6) is -4.40. The molecule has 0 aliphatic rings. The number of hydrogen-bond acceptors (Lipinski definition) is 4. The van der Waals surface area contributed by atoms with E-state index < -0.39 is 34.7 Å². The average molecular weight is 459 g/mol. The minimum Gasteiger partial charge on any atom is -0.323 e. The number of hydrogen-bond donors (Lipinski definition) is 1. The Labute approximate surface area is 182 Å². The Morgan fingerprint density at radius 3 is 2.44 bits per heavy atom. The molecule has 0 unspecified atom stereocenters. The molecule has 0 saturated heterocycles. The topological polar surface area (TPSA) is 64.0 Å². The number of amides is 1. The number of carbonyl (C=O) groups excluding carboxylic acids is 1. The predicted octanol–water partition coefficient (Wildman–Crippen LogP) is 4.67. The number of carbonyl (C=O) groups is 1. The average Bonchev–Trinajstić information content (AvgIpc) is 2.76. The minimum atomic E-state index is -0.989. The quantitative estimate of drug-likeness (QED) is 0.268. The van der Waals surface area contributed by atoms with Crippen LogP contribution in [-0.4, -0.2) is 21.2 Å². The highest BCUT2D eigenvalue weighted by Gasteiger charge is 2.18. The number of fused-ring (bicyclic) bond motifs is 1. The first-order valence-electron chi connectivity index (χ1n) is 9.18. The van der Waals surface area contributed by atoms with Gasteiger partial charge >= 0.3 is 0 Å². The highest BCUT2D eigenvalue weighted by atomic mass is 32.2. The Morgan fingerprint density at radius 1 is 0.938 bits per heavy atom. The van der Waals surface area contributed by atoms with Gasteiger partial charge in [-0.15, -0.1) is 0 Å². The van der Waals surface area contributed by atoms with Crippen molar-refractivity contribution in [3.63, 3.8) is 0 Å². The fraction of sp³-hybridized carbons (Fsp3) is 0.0455. The van der Waals surface area contributed by atoms with Crippen molar-refractivity contribution >= 4 is 34.3 Å². The van der Waals surface area contributed by atoms with Gasteiger partial charge in [-0.3, -0.25) is 14.2 Å².